The number of hydrogen-bond donors (Lipinski definition) is 1. The van der Waals surface area contributed by atoms with Gasteiger partial charge in [-0.2, -0.15) is 0 Å². The van der Waals surface area contributed by atoms with Gasteiger partial charge >= 0.3 is 0 Å². The molecule has 0 unspecified atom stereocenters. The van der Waals surface area contributed by atoms with Gasteiger partial charge < -0.3 is 0 Å². The molecule has 0 bridgehead atoms. The molecule has 22 heavy (non-hydrogen) atoms. The number of benzene rings is 1. The molecular formula is C13H13Cl3N2O2S2. The van der Waals surface area contributed by atoms with Crippen LogP contribution in [0.15, 0.2) is 22.4 Å². The number of nitrogens with one attached hydrogen (secondary N) is 1. The smallest absolute Gasteiger partial charge is 0.243 e. The van der Waals surface area contributed by atoms with E-state index in [-0.39, 0.29) is 26.5 Å². The molecule has 2 aromatic rings. The van der Waals surface area contributed by atoms with Gasteiger partial charge in [0.2, 0.25) is 10.0 Å². The summed E-state index contributed by atoms with van der Waals surface area (Å²) in [4.78, 5) is 4.19. The second-order valence-corrected chi connectivity index (χ2v) is 8.70. The summed E-state index contributed by atoms with van der Waals surface area (Å²) >= 11 is 19.2. The molecule has 1 aromatic carbocycles. The summed E-state index contributed by atoms with van der Waals surface area (Å²) in [5.74, 6) is 0.301. The van der Waals surface area contributed by atoms with Crippen molar-refractivity contribution in [2.75, 3.05) is 0 Å². The minimum absolute atomic E-state index is 0.0221. The third-order valence-corrected chi connectivity index (χ3v) is 6.47. The average molecular weight is 400 g/mol. The first-order chi connectivity index (χ1) is 10.2. The van der Waals surface area contributed by atoms with Gasteiger partial charge in [-0.25, -0.2) is 18.1 Å². The Kier molecular flexibility index (Phi) is 5.74. The molecule has 0 spiro atoms. The summed E-state index contributed by atoms with van der Waals surface area (Å²) in [7, 11) is -3.86. The van der Waals surface area contributed by atoms with E-state index in [1.807, 2.05) is 19.2 Å². The zero-order valence-corrected chi connectivity index (χ0v) is 15.6. The highest BCUT2D eigenvalue weighted by atomic mass is 35.5. The normalized spacial score (nSPS) is 12.1. The van der Waals surface area contributed by atoms with E-state index in [2.05, 4.69) is 9.71 Å². The Morgan fingerprint density at radius 3 is 2.32 bits per heavy atom. The van der Waals surface area contributed by atoms with Crippen molar-refractivity contribution in [3.8, 4) is 0 Å². The second-order valence-electron chi connectivity index (χ2n) is 4.85. The van der Waals surface area contributed by atoms with Crippen LogP contribution in [0.5, 0.6) is 0 Å². The van der Waals surface area contributed by atoms with Gasteiger partial charge in [-0.05, 0) is 12.1 Å². The van der Waals surface area contributed by atoms with Gasteiger partial charge in [-0.15, -0.1) is 11.3 Å². The van der Waals surface area contributed by atoms with Gasteiger partial charge in [0.25, 0.3) is 0 Å². The Labute approximate surface area is 148 Å². The number of nitrogens with zero attached hydrogens (tertiary/aromatic N) is 1. The monoisotopic (exact) mass is 398 g/mol. The molecule has 0 saturated heterocycles. The molecule has 0 fully saturated rings. The van der Waals surface area contributed by atoms with Crippen molar-refractivity contribution in [3.63, 3.8) is 0 Å². The number of hydrogen-bond acceptors (Lipinski definition) is 4. The molecule has 0 aliphatic rings. The largest absolute Gasteiger partial charge is 0.245 e. The maximum Gasteiger partial charge on any atom is 0.243 e. The SMILES string of the molecule is CC(C)c1nc(CNS(=O)(=O)c2c(Cl)cc(Cl)cc2Cl)cs1. The lowest BCUT2D eigenvalue weighted by Gasteiger charge is -2.09. The maximum absolute atomic E-state index is 12.4. The van der Waals surface area contributed by atoms with Crippen molar-refractivity contribution >= 4 is 56.2 Å². The Bertz CT molecular complexity index is 765. The molecule has 1 N–H and O–H groups in total. The topological polar surface area (TPSA) is 59.1 Å². The van der Waals surface area contributed by atoms with Gasteiger partial charge in [-0.3, -0.25) is 0 Å². The van der Waals surface area contributed by atoms with Crippen LogP contribution < -0.4 is 4.72 Å². The average Bonchev–Trinajstić information content (AvgIpc) is 2.83. The van der Waals surface area contributed by atoms with Gasteiger partial charge in [0, 0.05) is 16.3 Å². The van der Waals surface area contributed by atoms with Crippen molar-refractivity contribution in [1.82, 2.24) is 9.71 Å². The predicted octanol–water partition coefficient (Wildman–Crippen LogP) is 4.71. The van der Waals surface area contributed by atoms with Crippen LogP contribution in [0.4, 0.5) is 0 Å². The zero-order valence-electron chi connectivity index (χ0n) is 11.7. The first-order valence-electron chi connectivity index (χ1n) is 6.29. The summed E-state index contributed by atoms with van der Waals surface area (Å²) in [6.45, 7) is 4.13. The summed E-state index contributed by atoms with van der Waals surface area (Å²) in [5, 5.41) is 3.01. The van der Waals surface area contributed by atoms with E-state index in [0.29, 0.717) is 11.6 Å². The van der Waals surface area contributed by atoms with Gasteiger partial charge in [0.05, 0.1) is 27.3 Å². The van der Waals surface area contributed by atoms with Gasteiger partial charge in [-0.1, -0.05) is 48.7 Å². The highest BCUT2D eigenvalue weighted by Gasteiger charge is 2.22. The van der Waals surface area contributed by atoms with Crippen molar-refractivity contribution in [3.05, 3.63) is 43.3 Å². The lowest BCUT2D eigenvalue weighted by atomic mass is 10.2. The quantitative estimate of drug-likeness (QED) is 0.792. The summed E-state index contributed by atoms with van der Waals surface area (Å²) < 4.78 is 27.2. The fourth-order valence-corrected chi connectivity index (χ4v) is 5.07. The van der Waals surface area contributed by atoms with E-state index >= 15 is 0 Å². The molecule has 9 heteroatoms. The molecular weight excluding hydrogens is 387 g/mol. The predicted molar refractivity (Wildman–Crippen MR) is 91.7 cm³/mol. The molecule has 1 aromatic heterocycles. The highest BCUT2D eigenvalue weighted by molar-refractivity contribution is 7.89. The summed E-state index contributed by atoms with van der Waals surface area (Å²) in [5.41, 5.74) is 0.651. The van der Waals surface area contributed by atoms with E-state index in [0.717, 1.165) is 5.01 Å². The lowest BCUT2D eigenvalue weighted by molar-refractivity contribution is 0.580. The first kappa shape index (κ1) is 18.0. The van der Waals surface area contributed by atoms with Crippen LogP contribution in [0.2, 0.25) is 15.1 Å². The molecule has 2 rings (SSSR count). The van der Waals surface area contributed by atoms with Gasteiger partial charge in [0.1, 0.15) is 4.90 Å². The van der Waals surface area contributed by atoms with Crippen LogP contribution in [0.25, 0.3) is 0 Å². The van der Waals surface area contributed by atoms with Crippen LogP contribution in [0, 0.1) is 0 Å². The molecule has 0 atom stereocenters. The number of halogens is 3. The molecule has 0 aliphatic heterocycles. The number of rotatable bonds is 5. The van der Waals surface area contributed by atoms with E-state index in [1.165, 1.54) is 23.5 Å². The molecule has 4 nitrogen and oxygen atoms in total. The molecule has 0 saturated carbocycles. The number of sulfonamides is 1. The number of aromatic nitrogens is 1. The van der Waals surface area contributed by atoms with Gasteiger partial charge in [0.15, 0.2) is 0 Å². The number of thiazole rings is 1. The lowest BCUT2D eigenvalue weighted by Crippen LogP contribution is -2.24. The molecule has 0 radical (unpaired) electrons. The summed E-state index contributed by atoms with van der Waals surface area (Å²) in [6, 6.07) is 2.67. The van der Waals surface area contributed by atoms with Crippen LogP contribution in [0.1, 0.15) is 30.5 Å². The molecule has 0 amide bonds. The standard InChI is InChI=1S/C13H13Cl3N2O2S2/c1-7(2)13-18-9(6-21-13)5-17-22(19,20)12-10(15)3-8(14)4-11(12)16/h3-4,6-7,17H,5H2,1-2H3. The van der Waals surface area contributed by atoms with Crippen molar-refractivity contribution in [2.45, 2.75) is 31.2 Å². The second kappa shape index (κ2) is 7.03. The van der Waals surface area contributed by atoms with Crippen molar-refractivity contribution < 1.29 is 8.42 Å². The van der Waals surface area contributed by atoms with E-state index in [1.54, 1.807) is 0 Å². The Balaban J connectivity index is 2.21. The van der Waals surface area contributed by atoms with Crippen molar-refractivity contribution in [2.24, 2.45) is 0 Å². The molecule has 0 aliphatic carbocycles. The van der Waals surface area contributed by atoms with E-state index in [4.69, 9.17) is 34.8 Å². The van der Waals surface area contributed by atoms with Crippen LogP contribution in [0.3, 0.4) is 0 Å². The minimum atomic E-state index is -3.86. The first-order valence-corrected chi connectivity index (χ1v) is 9.79. The third kappa shape index (κ3) is 4.13. The fourth-order valence-electron chi connectivity index (χ4n) is 1.70. The van der Waals surface area contributed by atoms with E-state index in [9.17, 15) is 8.42 Å². The Morgan fingerprint density at radius 1 is 1.23 bits per heavy atom. The summed E-state index contributed by atoms with van der Waals surface area (Å²) in [6.07, 6.45) is 0. The molecule has 1 heterocycles. The van der Waals surface area contributed by atoms with Crippen LogP contribution in [-0.4, -0.2) is 13.4 Å². The third-order valence-electron chi connectivity index (χ3n) is 2.74. The fraction of sp³-hybridized carbons (Fsp3) is 0.308. The zero-order chi connectivity index (χ0) is 16.5. The Hall–Kier alpha value is -0.370. The Morgan fingerprint density at radius 2 is 1.82 bits per heavy atom. The highest BCUT2D eigenvalue weighted by Crippen LogP contribution is 2.32. The van der Waals surface area contributed by atoms with E-state index < -0.39 is 10.0 Å². The van der Waals surface area contributed by atoms with Crippen LogP contribution >= 0.6 is 46.1 Å². The minimum Gasteiger partial charge on any atom is -0.245 e. The maximum atomic E-state index is 12.4. The van der Waals surface area contributed by atoms with Crippen LogP contribution in [-0.2, 0) is 16.6 Å². The van der Waals surface area contributed by atoms with Crippen molar-refractivity contribution in [1.29, 1.82) is 0 Å². The molecule has 120 valence electrons.